The Balaban J connectivity index is 2.51. The molecule has 1 fully saturated rings. The molecule has 0 aromatic carbocycles. The van der Waals surface area contributed by atoms with E-state index in [1.807, 2.05) is 6.92 Å². The van der Waals surface area contributed by atoms with E-state index in [-0.39, 0.29) is 5.91 Å². The number of aromatic nitrogens is 2. The molecule has 0 saturated carbocycles. The van der Waals surface area contributed by atoms with Gasteiger partial charge in [0.2, 0.25) is 0 Å². The van der Waals surface area contributed by atoms with Crippen molar-refractivity contribution in [2.75, 3.05) is 0 Å². The molecule has 0 spiro atoms. The number of rotatable bonds is 1. The molecule has 2 heterocycles. The summed E-state index contributed by atoms with van der Waals surface area (Å²) < 4.78 is 0. The molecule has 1 aliphatic rings. The van der Waals surface area contributed by atoms with Gasteiger partial charge in [-0.05, 0) is 26.1 Å². The summed E-state index contributed by atoms with van der Waals surface area (Å²) in [5.41, 5.74) is 0.407. The van der Waals surface area contributed by atoms with Gasteiger partial charge in [0.1, 0.15) is 0 Å². The van der Waals surface area contributed by atoms with E-state index in [1.165, 1.54) is 0 Å². The molecule has 78 valence electrons. The van der Waals surface area contributed by atoms with Crippen LogP contribution in [0.5, 0.6) is 0 Å². The normalized spacial score (nSPS) is 24.9. The van der Waals surface area contributed by atoms with Crippen LogP contribution in [-0.2, 0) is 10.3 Å². The van der Waals surface area contributed by atoms with Crippen LogP contribution >= 0.6 is 12.2 Å². The lowest BCUT2D eigenvalue weighted by Crippen LogP contribution is -2.42. The average Bonchev–Trinajstić information content (AvgIpc) is 2.42. The lowest BCUT2D eigenvalue weighted by molar-refractivity contribution is -0.123. The van der Waals surface area contributed by atoms with Gasteiger partial charge in [0.05, 0.1) is 11.4 Å². The molecule has 15 heavy (non-hydrogen) atoms. The zero-order chi connectivity index (χ0) is 11.1. The fraction of sp³-hybridized carbons (Fsp3) is 0.333. The van der Waals surface area contributed by atoms with Crippen LogP contribution in [0.4, 0.5) is 0 Å². The molecule has 2 rings (SSSR count). The van der Waals surface area contributed by atoms with E-state index >= 15 is 0 Å². The lowest BCUT2D eigenvalue weighted by Gasteiger charge is -2.21. The SMILES string of the molecule is Cc1nccnc1C1(C)NC(=S)NC1=O. The number of aryl methyl sites for hydroxylation is 1. The molecule has 5 nitrogen and oxygen atoms in total. The van der Waals surface area contributed by atoms with Gasteiger partial charge in [-0.1, -0.05) is 0 Å². The quantitative estimate of drug-likeness (QED) is 0.655. The minimum absolute atomic E-state index is 0.198. The maximum absolute atomic E-state index is 11.7. The Morgan fingerprint density at radius 1 is 1.40 bits per heavy atom. The van der Waals surface area contributed by atoms with Crippen molar-refractivity contribution in [1.82, 2.24) is 20.6 Å². The Morgan fingerprint density at radius 3 is 2.60 bits per heavy atom. The van der Waals surface area contributed by atoms with Crippen molar-refractivity contribution >= 4 is 23.2 Å². The predicted molar refractivity (Wildman–Crippen MR) is 58.0 cm³/mol. The van der Waals surface area contributed by atoms with E-state index in [9.17, 15) is 4.79 Å². The fourth-order valence-electron chi connectivity index (χ4n) is 1.61. The fourth-order valence-corrected chi connectivity index (χ4v) is 1.91. The molecule has 1 unspecified atom stereocenters. The summed E-state index contributed by atoms with van der Waals surface area (Å²) in [6, 6.07) is 0. The van der Waals surface area contributed by atoms with E-state index in [0.717, 1.165) is 0 Å². The van der Waals surface area contributed by atoms with Gasteiger partial charge >= 0.3 is 0 Å². The molecule has 0 radical (unpaired) electrons. The number of hydrogen-bond acceptors (Lipinski definition) is 4. The first-order chi connectivity index (χ1) is 7.04. The Morgan fingerprint density at radius 2 is 2.07 bits per heavy atom. The van der Waals surface area contributed by atoms with Crippen molar-refractivity contribution in [2.24, 2.45) is 0 Å². The van der Waals surface area contributed by atoms with E-state index in [0.29, 0.717) is 16.5 Å². The summed E-state index contributed by atoms with van der Waals surface area (Å²) >= 11 is 4.90. The third-order valence-corrected chi connectivity index (χ3v) is 2.60. The number of nitrogens with zero attached hydrogens (tertiary/aromatic N) is 2. The second-order valence-corrected chi connectivity index (χ2v) is 3.93. The first-order valence-corrected chi connectivity index (χ1v) is 4.86. The number of thiocarbonyl (C=S) groups is 1. The molecule has 1 amide bonds. The Bertz CT molecular complexity index is 447. The van der Waals surface area contributed by atoms with Crippen molar-refractivity contribution < 1.29 is 4.79 Å². The first-order valence-electron chi connectivity index (χ1n) is 4.46. The van der Waals surface area contributed by atoms with Crippen molar-refractivity contribution in [3.63, 3.8) is 0 Å². The molecular weight excluding hydrogens is 212 g/mol. The maximum atomic E-state index is 11.7. The van der Waals surface area contributed by atoms with Gasteiger partial charge in [-0.25, -0.2) is 0 Å². The number of nitrogens with one attached hydrogen (secondary N) is 2. The van der Waals surface area contributed by atoms with Gasteiger partial charge in [-0.3, -0.25) is 14.8 Å². The topological polar surface area (TPSA) is 66.9 Å². The second-order valence-electron chi connectivity index (χ2n) is 3.52. The zero-order valence-electron chi connectivity index (χ0n) is 8.37. The molecular formula is C9H10N4OS. The van der Waals surface area contributed by atoms with Crippen LogP contribution in [0.3, 0.4) is 0 Å². The number of hydrogen-bond donors (Lipinski definition) is 2. The molecule has 1 aliphatic heterocycles. The van der Waals surface area contributed by atoms with E-state index in [4.69, 9.17) is 12.2 Å². The largest absolute Gasteiger partial charge is 0.343 e. The van der Waals surface area contributed by atoms with Crippen molar-refractivity contribution in [2.45, 2.75) is 19.4 Å². The smallest absolute Gasteiger partial charge is 0.257 e. The lowest BCUT2D eigenvalue weighted by atomic mass is 9.96. The Kier molecular flexibility index (Phi) is 2.15. The summed E-state index contributed by atoms with van der Waals surface area (Å²) in [5.74, 6) is -0.198. The van der Waals surface area contributed by atoms with Crippen LogP contribution in [0.15, 0.2) is 12.4 Å². The first kappa shape index (κ1) is 9.97. The van der Waals surface area contributed by atoms with Crippen molar-refractivity contribution in [3.05, 3.63) is 23.8 Å². The van der Waals surface area contributed by atoms with Gasteiger partial charge in [0, 0.05) is 12.4 Å². The molecule has 1 saturated heterocycles. The number of carbonyl (C=O) groups is 1. The molecule has 0 aliphatic carbocycles. The standard InChI is InChI=1S/C9H10N4OS/c1-5-6(11-4-3-10-5)9(2)7(14)12-8(15)13-9/h3-4H,1-2H3,(H2,12,13,14,15). The zero-order valence-corrected chi connectivity index (χ0v) is 9.18. The average molecular weight is 222 g/mol. The van der Waals surface area contributed by atoms with Gasteiger partial charge in [-0.2, -0.15) is 0 Å². The molecule has 6 heteroatoms. The highest BCUT2D eigenvalue weighted by Gasteiger charge is 2.44. The molecule has 0 bridgehead atoms. The molecule has 1 aromatic heterocycles. The minimum Gasteiger partial charge on any atom is -0.343 e. The predicted octanol–water partition coefficient (Wildman–Crippen LogP) is 0.00452. The van der Waals surface area contributed by atoms with Crippen LogP contribution in [0.1, 0.15) is 18.3 Å². The third-order valence-electron chi connectivity index (χ3n) is 2.40. The maximum Gasteiger partial charge on any atom is 0.257 e. The van der Waals surface area contributed by atoms with Gasteiger partial charge < -0.3 is 10.6 Å². The second kappa shape index (κ2) is 3.23. The van der Waals surface area contributed by atoms with Crippen LogP contribution in [0, 0.1) is 6.92 Å². The Labute approximate surface area is 92.3 Å². The van der Waals surface area contributed by atoms with Gasteiger partial charge in [-0.15, -0.1) is 0 Å². The summed E-state index contributed by atoms with van der Waals surface area (Å²) in [4.78, 5) is 20.0. The third kappa shape index (κ3) is 1.46. The van der Waals surface area contributed by atoms with E-state index in [1.54, 1.807) is 19.3 Å². The Hall–Kier alpha value is -1.56. The molecule has 1 aromatic rings. The molecule has 1 atom stereocenters. The monoisotopic (exact) mass is 222 g/mol. The minimum atomic E-state index is -0.907. The summed E-state index contributed by atoms with van der Waals surface area (Å²) in [6.07, 6.45) is 3.15. The summed E-state index contributed by atoms with van der Waals surface area (Å²) in [5, 5.41) is 5.78. The summed E-state index contributed by atoms with van der Waals surface area (Å²) in [6.45, 7) is 3.54. The number of amides is 1. The van der Waals surface area contributed by atoms with Gasteiger partial charge in [0.15, 0.2) is 10.7 Å². The van der Waals surface area contributed by atoms with Crippen molar-refractivity contribution in [1.29, 1.82) is 0 Å². The highest BCUT2D eigenvalue weighted by molar-refractivity contribution is 7.80. The van der Waals surface area contributed by atoms with Crippen molar-refractivity contribution in [3.8, 4) is 0 Å². The van der Waals surface area contributed by atoms with Gasteiger partial charge in [0.25, 0.3) is 5.91 Å². The van der Waals surface area contributed by atoms with Crippen LogP contribution in [0.25, 0.3) is 0 Å². The highest BCUT2D eigenvalue weighted by Crippen LogP contribution is 2.23. The highest BCUT2D eigenvalue weighted by atomic mass is 32.1. The van der Waals surface area contributed by atoms with Crippen LogP contribution < -0.4 is 10.6 Å². The van der Waals surface area contributed by atoms with E-state index < -0.39 is 5.54 Å². The summed E-state index contributed by atoms with van der Waals surface area (Å²) in [7, 11) is 0. The number of carbonyl (C=O) groups excluding carboxylic acids is 1. The van der Waals surface area contributed by atoms with Crippen LogP contribution in [0.2, 0.25) is 0 Å². The molecule has 2 N–H and O–H groups in total. The van der Waals surface area contributed by atoms with E-state index in [2.05, 4.69) is 20.6 Å². The van der Waals surface area contributed by atoms with Crippen LogP contribution in [-0.4, -0.2) is 21.0 Å².